The molecule has 0 aromatic heterocycles. The number of nitrogens with zero attached hydrogens (tertiary/aromatic N) is 2. The topological polar surface area (TPSA) is 88.1 Å². The molecular formula is C28H33N3O4S. The number of ether oxygens (including phenoxy) is 1. The molecule has 0 saturated carbocycles. The van der Waals surface area contributed by atoms with E-state index in [0.29, 0.717) is 24.5 Å². The number of hydrogen-bond acceptors (Lipinski definition) is 5. The van der Waals surface area contributed by atoms with Crippen molar-refractivity contribution in [3.05, 3.63) is 90.5 Å². The Kier molecular flexibility index (Phi) is 8.88. The van der Waals surface area contributed by atoms with E-state index in [1.165, 1.54) is 17.7 Å². The van der Waals surface area contributed by atoms with E-state index < -0.39 is 22.5 Å². The molecule has 3 rings (SSSR count). The van der Waals surface area contributed by atoms with Gasteiger partial charge in [-0.2, -0.15) is 5.10 Å². The summed E-state index contributed by atoms with van der Waals surface area (Å²) in [5, 5.41) is 4.25. The van der Waals surface area contributed by atoms with Crippen LogP contribution < -0.4 is 14.5 Å². The zero-order chi connectivity index (χ0) is 26.2. The number of carbonyl (C=O) groups excluding carboxylic acids is 1. The van der Waals surface area contributed by atoms with Gasteiger partial charge in [0.05, 0.1) is 17.2 Å². The van der Waals surface area contributed by atoms with Crippen molar-refractivity contribution >= 4 is 27.3 Å². The van der Waals surface area contributed by atoms with Crippen LogP contribution in [0, 0.1) is 0 Å². The van der Waals surface area contributed by atoms with Gasteiger partial charge in [0.25, 0.3) is 15.9 Å². The second-order valence-electron chi connectivity index (χ2n) is 9.06. The fourth-order valence-electron chi connectivity index (χ4n) is 3.90. The first-order chi connectivity index (χ1) is 17.1. The van der Waals surface area contributed by atoms with E-state index in [9.17, 15) is 13.2 Å². The number of nitrogens with one attached hydrogen (secondary N) is 1. The van der Waals surface area contributed by atoms with Crippen molar-refractivity contribution in [2.45, 2.75) is 44.4 Å². The minimum atomic E-state index is -3.99. The van der Waals surface area contributed by atoms with E-state index in [-0.39, 0.29) is 10.3 Å². The number of rotatable bonds is 11. The van der Waals surface area contributed by atoms with Crippen molar-refractivity contribution in [3.8, 4) is 5.75 Å². The SMILES string of the molecule is CCOc1ccc(N(CC(=O)N/N=C(/C)CC(C)(C)c2ccccc2)S(=O)(=O)c2ccccc2)cc1. The Morgan fingerprint density at radius 2 is 1.53 bits per heavy atom. The van der Waals surface area contributed by atoms with Gasteiger partial charge in [-0.15, -0.1) is 0 Å². The van der Waals surface area contributed by atoms with Crippen molar-refractivity contribution in [1.82, 2.24) is 5.43 Å². The van der Waals surface area contributed by atoms with E-state index in [2.05, 4.69) is 36.5 Å². The molecule has 0 fully saturated rings. The number of anilines is 1. The lowest BCUT2D eigenvalue weighted by atomic mass is 9.80. The first-order valence-corrected chi connectivity index (χ1v) is 13.3. The van der Waals surface area contributed by atoms with E-state index in [1.807, 2.05) is 32.0 Å². The lowest BCUT2D eigenvalue weighted by Gasteiger charge is -2.25. The van der Waals surface area contributed by atoms with Gasteiger partial charge in [-0.1, -0.05) is 62.4 Å². The zero-order valence-electron chi connectivity index (χ0n) is 21.1. The smallest absolute Gasteiger partial charge is 0.264 e. The van der Waals surface area contributed by atoms with Crippen LogP contribution in [0.4, 0.5) is 5.69 Å². The number of benzene rings is 3. The van der Waals surface area contributed by atoms with Crippen molar-refractivity contribution in [1.29, 1.82) is 0 Å². The highest BCUT2D eigenvalue weighted by atomic mass is 32.2. The number of amides is 1. The van der Waals surface area contributed by atoms with E-state index in [1.54, 1.807) is 42.5 Å². The van der Waals surface area contributed by atoms with Crippen LogP contribution in [0.2, 0.25) is 0 Å². The van der Waals surface area contributed by atoms with Crippen LogP contribution in [0.1, 0.15) is 39.7 Å². The molecule has 8 heteroatoms. The van der Waals surface area contributed by atoms with Crippen LogP contribution >= 0.6 is 0 Å². The molecule has 0 radical (unpaired) electrons. The molecule has 0 atom stereocenters. The lowest BCUT2D eigenvalue weighted by Crippen LogP contribution is -2.39. The molecule has 0 aliphatic heterocycles. The lowest BCUT2D eigenvalue weighted by molar-refractivity contribution is -0.119. The van der Waals surface area contributed by atoms with Crippen molar-refractivity contribution < 1.29 is 17.9 Å². The summed E-state index contributed by atoms with van der Waals surface area (Å²) in [6.07, 6.45) is 0.627. The Morgan fingerprint density at radius 3 is 2.11 bits per heavy atom. The minimum Gasteiger partial charge on any atom is -0.494 e. The molecule has 0 bridgehead atoms. The second-order valence-corrected chi connectivity index (χ2v) is 10.9. The maximum Gasteiger partial charge on any atom is 0.264 e. The van der Waals surface area contributed by atoms with Gasteiger partial charge in [0.1, 0.15) is 12.3 Å². The summed E-state index contributed by atoms with van der Waals surface area (Å²) in [5.41, 5.74) is 4.60. The van der Waals surface area contributed by atoms with Crippen LogP contribution in [0.3, 0.4) is 0 Å². The predicted octanol–water partition coefficient (Wildman–Crippen LogP) is 5.14. The maximum absolute atomic E-state index is 13.4. The Balaban J connectivity index is 1.79. The number of hydrogen-bond donors (Lipinski definition) is 1. The largest absolute Gasteiger partial charge is 0.494 e. The van der Waals surface area contributed by atoms with Gasteiger partial charge in [-0.05, 0) is 67.6 Å². The minimum absolute atomic E-state index is 0.0935. The average molecular weight is 508 g/mol. The summed E-state index contributed by atoms with van der Waals surface area (Å²) >= 11 is 0. The third-order valence-electron chi connectivity index (χ3n) is 5.68. The first-order valence-electron chi connectivity index (χ1n) is 11.8. The van der Waals surface area contributed by atoms with Gasteiger partial charge < -0.3 is 4.74 Å². The van der Waals surface area contributed by atoms with Crippen LogP contribution in [0.5, 0.6) is 5.75 Å². The Labute approximate surface area is 213 Å². The average Bonchev–Trinajstić information content (AvgIpc) is 2.87. The second kappa shape index (κ2) is 11.9. The normalized spacial score (nSPS) is 12.2. The summed E-state index contributed by atoms with van der Waals surface area (Å²) in [7, 11) is -3.99. The molecular weight excluding hydrogens is 474 g/mol. The number of carbonyl (C=O) groups is 1. The fraction of sp³-hybridized carbons (Fsp3) is 0.286. The van der Waals surface area contributed by atoms with Gasteiger partial charge in [-0.3, -0.25) is 9.10 Å². The first kappa shape index (κ1) is 26.9. The molecule has 1 amide bonds. The fourth-order valence-corrected chi connectivity index (χ4v) is 5.35. The highest BCUT2D eigenvalue weighted by Gasteiger charge is 2.27. The monoisotopic (exact) mass is 507 g/mol. The summed E-state index contributed by atoms with van der Waals surface area (Å²) in [4.78, 5) is 13.0. The molecule has 0 saturated heterocycles. The molecule has 7 nitrogen and oxygen atoms in total. The molecule has 1 N–H and O–H groups in total. The Bertz CT molecular complexity index is 1270. The van der Waals surface area contributed by atoms with Gasteiger partial charge >= 0.3 is 0 Å². The van der Waals surface area contributed by atoms with Crippen molar-refractivity contribution in [2.24, 2.45) is 5.10 Å². The van der Waals surface area contributed by atoms with Crippen LogP contribution in [0.25, 0.3) is 0 Å². The van der Waals surface area contributed by atoms with Gasteiger partial charge in [0.2, 0.25) is 0 Å². The van der Waals surface area contributed by atoms with Gasteiger partial charge in [0.15, 0.2) is 0 Å². The van der Waals surface area contributed by atoms with Crippen LogP contribution in [-0.2, 0) is 20.2 Å². The molecule has 3 aromatic rings. The molecule has 0 heterocycles. The number of hydrazone groups is 1. The highest BCUT2D eigenvalue weighted by Crippen LogP contribution is 2.28. The maximum atomic E-state index is 13.4. The molecule has 3 aromatic carbocycles. The Morgan fingerprint density at radius 1 is 0.944 bits per heavy atom. The van der Waals surface area contributed by atoms with E-state index in [4.69, 9.17) is 4.74 Å². The third-order valence-corrected chi connectivity index (χ3v) is 7.47. The quantitative estimate of drug-likeness (QED) is 0.288. The third kappa shape index (κ3) is 6.95. The summed E-state index contributed by atoms with van der Waals surface area (Å²) in [5.74, 6) is 0.0734. The van der Waals surface area contributed by atoms with E-state index >= 15 is 0 Å². The summed E-state index contributed by atoms with van der Waals surface area (Å²) < 4.78 is 33.4. The van der Waals surface area contributed by atoms with Crippen LogP contribution in [-0.4, -0.2) is 33.2 Å². The zero-order valence-corrected chi connectivity index (χ0v) is 22.0. The van der Waals surface area contributed by atoms with E-state index in [0.717, 1.165) is 10.0 Å². The number of sulfonamides is 1. The van der Waals surface area contributed by atoms with Gasteiger partial charge in [0, 0.05) is 5.71 Å². The highest BCUT2D eigenvalue weighted by molar-refractivity contribution is 7.92. The molecule has 190 valence electrons. The molecule has 0 aliphatic carbocycles. The summed E-state index contributed by atoms with van der Waals surface area (Å²) in [6.45, 7) is 8.01. The van der Waals surface area contributed by atoms with Crippen molar-refractivity contribution in [2.75, 3.05) is 17.5 Å². The molecule has 0 unspecified atom stereocenters. The summed E-state index contributed by atoms with van der Waals surface area (Å²) in [6, 6.07) is 24.7. The van der Waals surface area contributed by atoms with Crippen LogP contribution in [0.15, 0.2) is 94.9 Å². The Hall–Kier alpha value is -3.65. The standard InChI is InChI=1S/C28H33N3O4S/c1-5-35-25-18-16-24(17-19-25)31(36(33,34)26-14-10-7-11-15-26)21-27(32)30-29-22(2)20-28(3,4)23-12-8-6-9-13-23/h6-19H,5,20-21H2,1-4H3,(H,30,32)/b29-22-. The molecule has 0 aliphatic rings. The molecule has 0 spiro atoms. The predicted molar refractivity (Wildman–Crippen MR) is 144 cm³/mol. The van der Waals surface area contributed by atoms with Gasteiger partial charge in [-0.25, -0.2) is 13.8 Å². The molecule has 36 heavy (non-hydrogen) atoms. The van der Waals surface area contributed by atoms with Crippen molar-refractivity contribution in [3.63, 3.8) is 0 Å².